The number of benzene rings is 1. The molecule has 1 aromatic carbocycles. The number of fused-ring (bicyclic) bond motifs is 1. The van der Waals surface area contributed by atoms with Crippen molar-refractivity contribution in [2.24, 2.45) is 5.73 Å². The van der Waals surface area contributed by atoms with Gasteiger partial charge in [-0.2, -0.15) is 0 Å². The number of rotatable bonds is 2. The number of aromatic nitrogens is 1. The second kappa shape index (κ2) is 4.22. The van der Waals surface area contributed by atoms with E-state index in [-0.39, 0.29) is 6.04 Å². The van der Waals surface area contributed by atoms with Crippen LogP contribution in [0.2, 0.25) is 0 Å². The fraction of sp³-hybridized carbons (Fsp3) is 0.385. The predicted octanol–water partition coefficient (Wildman–Crippen LogP) is 4.07. The molecule has 0 aliphatic rings. The van der Waals surface area contributed by atoms with E-state index in [1.54, 1.807) is 0 Å². The molecule has 0 amide bonds. The molecule has 1 heterocycles. The molecule has 0 saturated heterocycles. The lowest BCUT2D eigenvalue weighted by molar-refractivity contribution is 0.788. The van der Waals surface area contributed by atoms with Gasteiger partial charge >= 0.3 is 0 Å². The fourth-order valence-electron chi connectivity index (χ4n) is 1.87. The second-order valence-electron chi connectivity index (χ2n) is 4.60. The largest absolute Gasteiger partial charge is 0.356 e. The van der Waals surface area contributed by atoms with Crippen LogP contribution < -0.4 is 5.73 Å². The van der Waals surface area contributed by atoms with Gasteiger partial charge < -0.3 is 10.7 Å². The number of halogens is 1. The summed E-state index contributed by atoms with van der Waals surface area (Å²) in [7, 11) is 0. The first-order valence-electron chi connectivity index (χ1n) is 5.57. The highest BCUT2D eigenvalue weighted by Crippen LogP contribution is 2.32. The van der Waals surface area contributed by atoms with Crippen LogP contribution in [0.4, 0.5) is 0 Å². The molecule has 2 aromatic rings. The number of nitrogens with one attached hydrogen (secondary N) is 1. The molecule has 1 atom stereocenters. The molecule has 0 fully saturated rings. The Morgan fingerprint density at radius 3 is 2.50 bits per heavy atom. The Hall–Kier alpha value is -0.800. The maximum Gasteiger partial charge on any atom is 0.0477 e. The maximum absolute atomic E-state index is 5.91. The Balaban J connectivity index is 2.64. The molecule has 2 nitrogen and oxygen atoms in total. The molecule has 0 bridgehead atoms. The van der Waals surface area contributed by atoms with Crippen molar-refractivity contribution >= 4 is 26.8 Å². The Bertz CT molecular complexity index is 512. The Morgan fingerprint density at radius 1 is 1.25 bits per heavy atom. The topological polar surface area (TPSA) is 41.8 Å². The first kappa shape index (κ1) is 11.7. The number of H-pyrrole nitrogens is 1. The summed E-state index contributed by atoms with van der Waals surface area (Å²) in [5, 5.41) is 1.22. The van der Waals surface area contributed by atoms with Crippen LogP contribution in [0.25, 0.3) is 10.9 Å². The number of aromatic amines is 1. The second-order valence-corrected chi connectivity index (χ2v) is 5.39. The maximum atomic E-state index is 5.91. The average molecular weight is 281 g/mol. The number of nitrogens with two attached hydrogens (primary N) is 1. The van der Waals surface area contributed by atoms with Gasteiger partial charge in [0.05, 0.1) is 0 Å². The Morgan fingerprint density at radius 2 is 1.94 bits per heavy atom. The van der Waals surface area contributed by atoms with Gasteiger partial charge in [-0.3, -0.25) is 0 Å². The molecule has 0 spiro atoms. The molecular formula is C13H17BrN2. The standard InChI is InChI=1S/C13H17BrN2/c1-7(2)9-4-5-11-10(6-9)12(14)13(16-11)8(3)15/h4-8,16H,15H2,1-3H3. The van der Waals surface area contributed by atoms with Crippen LogP contribution in [0.5, 0.6) is 0 Å². The van der Waals surface area contributed by atoms with Gasteiger partial charge in [0, 0.05) is 27.1 Å². The van der Waals surface area contributed by atoms with Crippen LogP contribution in [0.3, 0.4) is 0 Å². The molecule has 1 aromatic heterocycles. The minimum Gasteiger partial charge on any atom is -0.356 e. The van der Waals surface area contributed by atoms with Crippen LogP contribution in [0, 0.1) is 0 Å². The highest BCUT2D eigenvalue weighted by Gasteiger charge is 2.12. The zero-order valence-electron chi connectivity index (χ0n) is 9.84. The van der Waals surface area contributed by atoms with E-state index in [9.17, 15) is 0 Å². The lowest BCUT2D eigenvalue weighted by atomic mass is 10.0. The third-order valence-corrected chi connectivity index (χ3v) is 3.76. The summed E-state index contributed by atoms with van der Waals surface area (Å²) in [4.78, 5) is 3.36. The van der Waals surface area contributed by atoms with Gasteiger partial charge in [-0.25, -0.2) is 0 Å². The van der Waals surface area contributed by atoms with Crippen molar-refractivity contribution in [1.29, 1.82) is 0 Å². The third kappa shape index (κ3) is 1.89. The van der Waals surface area contributed by atoms with Crippen molar-refractivity contribution < 1.29 is 0 Å². The first-order valence-corrected chi connectivity index (χ1v) is 6.36. The zero-order valence-corrected chi connectivity index (χ0v) is 11.4. The van der Waals surface area contributed by atoms with E-state index < -0.39 is 0 Å². The van der Waals surface area contributed by atoms with Crippen molar-refractivity contribution in [2.75, 3.05) is 0 Å². The van der Waals surface area contributed by atoms with E-state index in [1.165, 1.54) is 10.9 Å². The van der Waals surface area contributed by atoms with Crippen molar-refractivity contribution in [3.8, 4) is 0 Å². The van der Waals surface area contributed by atoms with Crippen LogP contribution in [0.1, 0.15) is 44.0 Å². The molecule has 0 aliphatic carbocycles. The van der Waals surface area contributed by atoms with Gasteiger partial charge in [-0.15, -0.1) is 0 Å². The number of hydrogen-bond acceptors (Lipinski definition) is 1. The molecule has 3 heteroatoms. The summed E-state index contributed by atoms with van der Waals surface area (Å²) in [6, 6.07) is 6.54. The molecule has 0 saturated carbocycles. The SMILES string of the molecule is CC(C)c1ccc2[nH]c(C(C)N)c(Br)c2c1. The zero-order chi connectivity index (χ0) is 11.9. The molecule has 2 rings (SSSR count). The molecule has 1 unspecified atom stereocenters. The summed E-state index contributed by atoms with van der Waals surface area (Å²) in [6.07, 6.45) is 0. The molecule has 16 heavy (non-hydrogen) atoms. The molecule has 86 valence electrons. The van der Waals surface area contributed by atoms with E-state index in [1.807, 2.05) is 6.92 Å². The van der Waals surface area contributed by atoms with Crippen molar-refractivity contribution in [3.63, 3.8) is 0 Å². The smallest absolute Gasteiger partial charge is 0.0477 e. The van der Waals surface area contributed by atoms with E-state index in [4.69, 9.17) is 5.73 Å². The summed E-state index contributed by atoms with van der Waals surface area (Å²) in [5.41, 5.74) is 9.47. The van der Waals surface area contributed by atoms with Gasteiger partial charge in [0.1, 0.15) is 0 Å². The Kier molecular flexibility index (Phi) is 3.08. The first-order chi connectivity index (χ1) is 7.50. The predicted molar refractivity (Wildman–Crippen MR) is 72.7 cm³/mol. The van der Waals surface area contributed by atoms with E-state index >= 15 is 0 Å². The minimum atomic E-state index is 0.0178. The highest BCUT2D eigenvalue weighted by atomic mass is 79.9. The van der Waals surface area contributed by atoms with Crippen molar-refractivity contribution in [3.05, 3.63) is 33.9 Å². The van der Waals surface area contributed by atoms with Crippen LogP contribution in [-0.4, -0.2) is 4.98 Å². The normalized spacial score (nSPS) is 13.6. The minimum absolute atomic E-state index is 0.0178. The number of hydrogen-bond donors (Lipinski definition) is 2. The summed E-state index contributed by atoms with van der Waals surface area (Å²) >= 11 is 3.62. The van der Waals surface area contributed by atoms with Crippen LogP contribution in [0.15, 0.2) is 22.7 Å². The van der Waals surface area contributed by atoms with Gasteiger partial charge in [-0.1, -0.05) is 19.9 Å². The van der Waals surface area contributed by atoms with Crippen molar-refractivity contribution in [1.82, 2.24) is 4.98 Å². The molecule has 0 radical (unpaired) electrons. The molecule has 0 aliphatic heterocycles. The highest BCUT2D eigenvalue weighted by molar-refractivity contribution is 9.10. The van der Waals surface area contributed by atoms with Gasteiger partial charge in [0.25, 0.3) is 0 Å². The van der Waals surface area contributed by atoms with E-state index in [2.05, 4.69) is 53.0 Å². The van der Waals surface area contributed by atoms with Crippen molar-refractivity contribution in [2.45, 2.75) is 32.7 Å². The molecule has 3 N–H and O–H groups in total. The lowest BCUT2D eigenvalue weighted by Crippen LogP contribution is -2.05. The summed E-state index contributed by atoms with van der Waals surface area (Å²) in [5.74, 6) is 0.546. The quantitative estimate of drug-likeness (QED) is 0.855. The molecular weight excluding hydrogens is 264 g/mol. The third-order valence-electron chi connectivity index (χ3n) is 2.91. The van der Waals surface area contributed by atoms with Gasteiger partial charge in [-0.05, 0) is 46.5 Å². The van der Waals surface area contributed by atoms with Crippen LogP contribution >= 0.6 is 15.9 Å². The lowest BCUT2D eigenvalue weighted by Gasteiger charge is -2.04. The van der Waals surface area contributed by atoms with E-state index in [0.29, 0.717) is 5.92 Å². The van der Waals surface area contributed by atoms with Crippen LogP contribution in [-0.2, 0) is 0 Å². The monoisotopic (exact) mass is 280 g/mol. The van der Waals surface area contributed by atoms with Gasteiger partial charge in [0.2, 0.25) is 0 Å². The summed E-state index contributed by atoms with van der Waals surface area (Å²) in [6.45, 7) is 6.39. The van der Waals surface area contributed by atoms with Gasteiger partial charge in [0.15, 0.2) is 0 Å². The summed E-state index contributed by atoms with van der Waals surface area (Å²) < 4.78 is 1.10. The Labute approximate surface area is 104 Å². The van der Waals surface area contributed by atoms with E-state index in [0.717, 1.165) is 15.7 Å². The average Bonchev–Trinajstić information content (AvgIpc) is 2.56. The fourth-order valence-corrected chi connectivity index (χ4v) is 2.66.